The second kappa shape index (κ2) is 4.91. The van der Waals surface area contributed by atoms with Crippen LogP contribution in [0.3, 0.4) is 0 Å². The Morgan fingerprint density at radius 3 is 2.59 bits per heavy atom. The zero-order chi connectivity index (χ0) is 12.3. The molecule has 0 saturated carbocycles. The van der Waals surface area contributed by atoms with Crippen LogP contribution in [0.4, 0.5) is 11.6 Å². The SMILES string of the molecule is CNc1cccc(NC(C)c2ccc(C)o2)n1. The van der Waals surface area contributed by atoms with Gasteiger partial charge in [0.1, 0.15) is 23.2 Å². The van der Waals surface area contributed by atoms with E-state index in [0.717, 1.165) is 23.2 Å². The molecule has 1 atom stereocenters. The molecule has 0 saturated heterocycles. The third-order valence-electron chi connectivity index (χ3n) is 2.56. The topological polar surface area (TPSA) is 50.1 Å². The van der Waals surface area contributed by atoms with Crippen molar-refractivity contribution >= 4 is 11.6 Å². The predicted octanol–water partition coefficient (Wildman–Crippen LogP) is 3.20. The van der Waals surface area contributed by atoms with Gasteiger partial charge in [0.05, 0.1) is 6.04 Å². The molecule has 0 aliphatic heterocycles. The number of nitrogens with one attached hydrogen (secondary N) is 2. The van der Waals surface area contributed by atoms with E-state index in [1.807, 2.05) is 51.2 Å². The van der Waals surface area contributed by atoms with E-state index in [4.69, 9.17) is 4.42 Å². The number of hydrogen-bond acceptors (Lipinski definition) is 4. The van der Waals surface area contributed by atoms with Crippen molar-refractivity contribution < 1.29 is 4.42 Å². The Morgan fingerprint density at radius 2 is 1.94 bits per heavy atom. The van der Waals surface area contributed by atoms with E-state index in [0.29, 0.717) is 0 Å². The summed E-state index contributed by atoms with van der Waals surface area (Å²) in [6.07, 6.45) is 0. The Kier molecular flexibility index (Phi) is 3.32. The van der Waals surface area contributed by atoms with Crippen LogP contribution < -0.4 is 10.6 Å². The van der Waals surface area contributed by atoms with Crippen molar-refractivity contribution in [1.82, 2.24) is 4.98 Å². The Labute approximate surface area is 101 Å². The van der Waals surface area contributed by atoms with Crippen LogP contribution in [0.1, 0.15) is 24.5 Å². The molecule has 0 fully saturated rings. The molecule has 4 nitrogen and oxygen atoms in total. The number of anilines is 2. The summed E-state index contributed by atoms with van der Waals surface area (Å²) in [7, 11) is 1.85. The summed E-state index contributed by atoms with van der Waals surface area (Å²) in [5.41, 5.74) is 0. The Morgan fingerprint density at radius 1 is 1.18 bits per heavy atom. The molecule has 0 amide bonds. The van der Waals surface area contributed by atoms with Crippen molar-refractivity contribution in [3.8, 4) is 0 Å². The monoisotopic (exact) mass is 231 g/mol. The van der Waals surface area contributed by atoms with Crippen LogP contribution in [0.15, 0.2) is 34.7 Å². The molecule has 2 heterocycles. The minimum Gasteiger partial charge on any atom is -0.464 e. The van der Waals surface area contributed by atoms with E-state index >= 15 is 0 Å². The molecule has 0 aliphatic carbocycles. The van der Waals surface area contributed by atoms with Crippen molar-refractivity contribution in [3.05, 3.63) is 41.9 Å². The first-order valence-corrected chi connectivity index (χ1v) is 5.66. The van der Waals surface area contributed by atoms with Crippen LogP contribution in [-0.4, -0.2) is 12.0 Å². The molecule has 0 aliphatic rings. The largest absolute Gasteiger partial charge is 0.464 e. The molecule has 2 N–H and O–H groups in total. The quantitative estimate of drug-likeness (QED) is 0.848. The third-order valence-corrected chi connectivity index (χ3v) is 2.56. The molecule has 1 unspecified atom stereocenters. The molecule has 0 radical (unpaired) electrons. The fourth-order valence-electron chi connectivity index (χ4n) is 1.63. The van der Waals surface area contributed by atoms with Crippen molar-refractivity contribution in [1.29, 1.82) is 0 Å². The molecule has 4 heteroatoms. The first kappa shape index (κ1) is 11.5. The lowest BCUT2D eigenvalue weighted by molar-refractivity contribution is 0.466. The first-order valence-electron chi connectivity index (χ1n) is 5.66. The van der Waals surface area contributed by atoms with Gasteiger partial charge in [0, 0.05) is 7.05 Å². The van der Waals surface area contributed by atoms with E-state index < -0.39 is 0 Å². The maximum absolute atomic E-state index is 5.57. The van der Waals surface area contributed by atoms with E-state index in [1.54, 1.807) is 0 Å². The molecule has 2 aromatic rings. The number of furan rings is 1. The van der Waals surface area contributed by atoms with E-state index in [2.05, 4.69) is 15.6 Å². The minimum atomic E-state index is 0.100. The highest BCUT2D eigenvalue weighted by Gasteiger charge is 2.09. The summed E-state index contributed by atoms with van der Waals surface area (Å²) in [4.78, 5) is 4.40. The van der Waals surface area contributed by atoms with Crippen molar-refractivity contribution in [2.45, 2.75) is 19.9 Å². The van der Waals surface area contributed by atoms with Gasteiger partial charge in [-0.2, -0.15) is 0 Å². The van der Waals surface area contributed by atoms with Gasteiger partial charge in [0.15, 0.2) is 0 Å². The normalized spacial score (nSPS) is 12.2. The van der Waals surface area contributed by atoms with Crippen LogP contribution in [-0.2, 0) is 0 Å². The maximum Gasteiger partial charge on any atom is 0.128 e. The lowest BCUT2D eigenvalue weighted by atomic mass is 10.2. The molecule has 0 aromatic carbocycles. The lowest BCUT2D eigenvalue weighted by Crippen LogP contribution is -2.07. The number of hydrogen-bond donors (Lipinski definition) is 2. The van der Waals surface area contributed by atoms with Gasteiger partial charge in [-0.15, -0.1) is 0 Å². The standard InChI is InChI=1S/C13H17N3O/c1-9-7-8-11(17-9)10(2)15-13-6-4-5-12(14-3)16-13/h4-8,10H,1-3H3,(H2,14,15,16). The van der Waals surface area contributed by atoms with Crippen molar-refractivity contribution in [2.75, 3.05) is 17.7 Å². The van der Waals surface area contributed by atoms with Gasteiger partial charge in [-0.05, 0) is 38.1 Å². The zero-order valence-corrected chi connectivity index (χ0v) is 10.3. The van der Waals surface area contributed by atoms with Crippen LogP contribution >= 0.6 is 0 Å². The highest BCUT2D eigenvalue weighted by atomic mass is 16.3. The number of nitrogens with zero attached hydrogens (tertiary/aromatic N) is 1. The number of aromatic nitrogens is 1. The van der Waals surface area contributed by atoms with Crippen LogP contribution in [0.2, 0.25) is 0 Å². The highest BCUT2D eigenvalue weighted by Crippen LogP contribution is 2.20. The van der Waals surface area contributed by atoms with Gasteiger partial charge >= 0.3 is 0 Å². The fraction of sp³-hybridized carbons (Fsp3) is 0.308. The van der Waals surface area contributed by atoms with Gasteiger partial charge in [-0.3, -0.25) is 0 Å². The van der Waals surface area contributed by atoms with Crippen molar-refractivity contribution in [2.24, 2.45) is 0 Å². The molecule has 0 bridgehead atoms. The zero-order valence-electron chi connectivity index (χ0n) is 10.3. The molecule has 2 aromatic heterocycles. The third kappa shape index (κ3) is 2.78. The lowest BCUT2D eigenvalue weighted by Gasteiger charge is -2.12. The number of aryl methyl sites for hydroxylation is 1. The van der Waals surface area contributed by atoms with Crippen LogP contribution in [0, 0.1) is 6.92 Å². The van der Waals surface area contributed by atoms with E-state index in [9.17, 15) is 0 Å². The Bertz CT molecular complexity index is 493. The highest BCUT2D eigenvalue weighted by molar-refractivity contribution is 5.45. The van der Waals surface area contributed by atoms with Gasteiger partial charge in [0.25, 0.3) is 0 Å². The average molecular weight is 231 g/mol. The maximum atomic E-state index is 5.57. The number of pyridine rings is 1. The molecule has 0 spiro atoms. The molecule has 17 heavy (non-hydrogen) atoms. The smallest absolute Gasteiger partial charge is 0.128 e. The first-order chi connectivity index (χ1) is 8.19. The van der Waals surface area contributed by atoms with Gasteiger partial charge < -0.3 is 15.1 Å². The minimum absolute atomic E-state index is 0.100. The van der Waals surface area contributed by atoms with Crippen LogP contribution in [0.5, 0.6) is 0 Å². The second-order valence-electron chi connectivity index (χ2n) is 3.97. The van der Waals surface area contributed by atoms with Crippen molar-refractivity contribution in [3.63, 3.8) is 0 Å². The van der Waals surface area contributed by atoms with Crippen LogP contribution in [0.25, 0.3) is 0 Å². The molecular weight excluding hydrogens is 214 g/mol. The van der Waals surface area contributed by atoms with Gasteiger partial charge in [-0.1, -0.05) is 6.07 Å². The predicted molar refractivity (Wildman–Crippen MR) is 69.3 cm³/mol. The summed E-state index contributed by atoms with van der Waals surface area (Å²) >= 11 is 0. The molecule has 2 rings (SSSR count). The number of rotatable bonds is 4. The second-order valence-corrected chi connectivity index (χ2v) is 3.97. The molecular formula is C13H17N3O. The van der Waals surface area contributed by atoms with E-state index in [1.165, 1.54) is 0 Å². The summed E-state index contributed by atoms with van der Waals surface area (Å²) in [6, 6.07) is 9.87. The Hall–Kier alpha value is -1.97. The average Bonchev–Trinajstić information content (AvgIpc) is 2.76. The summed E-state index contributed by atoms with van der Waals surface area (Å²) in [5.74, 6) is 3.51. The summed E-state index contributed by atoms with van der Waals surface area (Å²) in [6.45, 7) is 3.99. The fourth-order valence-corrected chi connectivity index (χ4v) is 1.63. The van der Waals surface area contributed by atoms with Gasteiger partial charge in [0.2, 0.25) is 0 Å². The molecule has 90 valence electrons. The summed E-state index contributed by atoms with van der Waals surface area (Å²) < 4.78 is 5.57. The Balaban J connectivity index is 2.09. The summed E-state index contributed by atoms with van der Waals surface area (Å²) in [5, 5.41) is 6.31. The van der Waals surface area contributed by atoms with Gasteiger partial charge in [-0.25, -0.2) is 4.98 Å². The van der Waals surface area contributed by atoms with E-state index in [-0.39, 0.29) is 6.04 Å².